The number of amides is 1. The largest absolute Gasteiger partial charge is 0.416 e. The molecular formula is C21H25F3N4O. The molecule has 1 saturated carbocycles. The normalized spacial score (nSPS) is 17.7. The molecule has 2 fully saturated rings. The lowest BCUT2D eigenvalue weighted by molar-refractivity contribution is -0.137. The molecule has 0 atom stereocenters. The molecule has 2 aromatic rings. The zero-order chi connectivity index (χ0) is 20.6. The Morgan fingerprint density at radius 3 is 2.62 bits per heavy atom. The fourth-order valence-electron chi connectivity index (χ4n) is 3.90. The van der Waals surface area contributed by atoms with Crippen LogP contribution in [0.25, 0.3) is 5.69 Å². The van der Waals surface area contributed by atoms with Gasteiger partial charge in [-0.1, -0.05) is 6.07 Å². The van der Waals surface area contributed by atoms with Gasteiger partial charge >= 0.3 is 6.18 Å². The summed E-state index contributed by atoms with van der Waals surface area (Å²) in [6.45, 7) is 3.60. The van der Waals surface area contributed by atoms with Gasteiger partial charge in [0.1, 0.15) is 0 Å². The third kappa shape index (κ3) is 4.32. The first-order valence-corrected chi connectivity index (χ1v) is 10.1. The molecule has 1 saturated heterocycles. The van der Waals surface area contributed by atoms with Crippen molar-refractivity contribution in [3.63, 3.8) is 0 Å². The van der Waals surface area contributed by atoms with E-state index in [2.05, 4.69) is 10.00 Å². The van der Waals surface area contributed by atoms with E-state index in [1.807, 2.05) is 0 Å². The quantitative estimate of drug-likeness (QED) is 0.730. The lowest BCUT2D eigenvalue weighted by Gasteiger charge is -2.21. The predicted molar refractivity (Wildman–Crippen MR) is 103 cm³/mol. The van der Waals surface area contributed by atoms with Crippen molar-refractivity contribution in [2.24, 2.45) is 0 Å². The summed E-state index contributed by atoms with van der Waals surface area (Å²) in [7, 11) is 1.77. The second-order valence-electron chi connectivity index (χ2n) is 7.95. The number of hydrogen-bond acceptors (Lipinski definition) is 3. The number of nitrogens with zero attached hydrogens (tertiary/aromatic N) is 4. The molecular weight excluding hydrogens is 381 g/mol. The van der Waals surface area contributed by atoms with Crippen LogP contribution in [0.15, 0.2) is 30.5 Å². The summed E-state index contributed by atoms with van der Waals surface area (Å²) in [4.78, 5) is 17.1. The van der Waals surface area contributed by atoms with E-state index in [4.69, 9.17) is 0 Å². The highest BCUT2D eigenvalue weighted by Crippen LogP contribution is 2.43. The number of halogens is 3. The Kier molecular flexibility index (Phi) is 5.38. The molecule has 1 aromatic heterocycles. The summed E-state index contributed by atoms with van der Waals surface area (Å²) in [5.41, 5.74) is 0.833. The summed E-state index contributed by atoms with van der Waals surface area (Å²) in [5, 5.41) is 4.30. The minimum Gasteiger partial charge on any atom is -0.340 e. The molecule has 1 aromatic carbocycles. The Hall–Kier alpha value is -2.35. The summed E-state index contributed by atoms with van der Waals surface area (Å²) in [5.74, 6) is 0.0438. The molecule has 0 spiro atoms. The Morgan fingerprint density at radius 1 is 1.24 bits per heavy atom. The number of aromatic nitrogens is 2. The maximum atomic E-state index is 13.1. The van der Waals surface area contributed by atoms with Gasteiger partial charge in [0.15, 0.2) is 0 Å². The van der Waals surface area contributed by atoms with E-state index in [1.165, 1.54) is 29.8 Å². The third-order valence-electron chi connectivity index (χ3n) is 5.72. The summed E-state index contributed by atoms with van der Waals surface area (Å²) in [6.07, 6.45) is 1.32. The molecule has 0 bridgehead atoms. The van der Waals surface area contributed by atoms with Crippen molar-refractivity contribution < 1.29 is 18.0 Å². The van der Waals surface area contributed by atoms with Crippen LogP contribution in [0.2, 0.25) is 0 Å². The third-order valence-corrected chi connectivity index (χ3v) is 5.72. The number of carbonyl (C=O) groups excluding carboxylic acids is 1. The van der Waals surface area contributed by atoms with Gasteiger partial charge in [-0.25, -0.2) is 4.68 Å². The van der Waals surface area contributed by atoms with Gasteiger partial charge in [-0.15, -0.1) is 0 Å². The fraction of sp³-hybridized carbons (Fsp3) is 0.524. The highest BCUT2D eigenvalue weighted by atomic mass is 19.4. The van der Waals surface area contributed by atoms with E-state index in [0.717, 1.165) is 50.3 Å². The monoisotopic (exact) mass is 406 g/mol. The van der Waals surface area contributed by atoms with Gasteiger partial charge in [-0.2, -0.15) is 18.3 Å². The van der Waals surface area contributed by atoms with Crippen molar-refractivity contribution in [2.75, 3.05) is 33.2 Å². The van der Waals surface area contributed by atoms with Gasteiger partial charge in [-0.05, 0) is 57.0 Å². The molecule has 29 heavy (non-hydrogen) atoms. The lowest BCUT2D eigenvalue weighted by atomic mass is 10.1. The SMILES string of the molecule is CN(CCN1CCCC1)C(=O)c1cnn(-c2cccc(C(F)(F)F)c2)c1C1CC1. The van der Waals surface area contributed by atoms with E-state index < -0.39 is 11.7 Å². The molecule has 1 amide bonds. The van der Waals surface area contributed by atoms with Crippen molar-refractivity contribution in [1.82, 2.24) is 19.6 Å². The minimum atomic E-state index is -4.42. The number of rotatable bonds is 6. The maximum Gasteiger partial charge on any atom is 0.416 e. The number of likely N-dealkylation sites (N-methyl/N-ethyl adjacent to an activating group) is 1. The summed E-state index contributed by atoms with van der Waals surface area (Å²) >= 11 is 0. The fourth-order valence-corrected chi connectivity index (χ4v) is 3.90. The van der Waals surface area contributed by atoms with Crippen LogP contribution in [0.5, 0.6) is 0 Å². The van der Waals surface area contributed by atoms with E-state index in [1.54, 1.807) is 18.0 Å². The van der Waals surface area contributed by atoms with Crippen molar-refractivity contribution in [3.05, 3.63) is 47.3 Å². The van der Waals surface area contributed by atoms with E-state index in [-0.39, 0.29) is 11.8 Å². The topological polar surface area (TPSA) is 41.4 Å². The highest BCUT2D eigenvalue weighted by Gasteiger charge is 2.35. The molecule has 5 nitrogen and oxygen atoms in total. The van der Waals surface area contributed by atoms with Crippen molar-refractivity contribution >= 4 is 5.91 Å². The average molecular weight is 406 g/mol. The summed E-state index contributed by atoms with van der Waals surface area (Å²) < 4.78 is 40.8. The van der Waals surface area contributed by atoms with Crippen LogP contribution in [0.4, 0.5) is 13.2 Å². The molecule has 1 aliphatic carbocycles. The van der Waals surface area contributed by atoms with Gasteiger partial charge in [0.05, 0.1) is 28.7 Å². The Labute approximate surface area is 168 Å². The maximum absolute atomic E-state index is 13.1. The molecule has 0 radical (unpaired) electrons. The summed E-state index contributed by atoms with van der Waals surface area (Å²) in [6, 6.07) is 5.10. The molecule has 156 valence electrons. The molecule has 0 N–H and O–H groups in total. The number of hydrogen-bond donors (Lipinski definition) is 0. The standard InChI is InChI=1S/C21H25F3N4O/c1-26(11-12-27-9-2-3-10-27)20(29)18-14-25-28(19(18)15-7-8-15)17-6-4-5-16(13-17)21(22,23)24/h4-6,13-15H,2-3,7-12H2,1H3. The Balaban J connectivity index is 1.58. The zero-order valence-electron chi connectivity index (χ0n) is 16.5. The number of benzene rings is 1. The van der Waals surface area contributed by atoms with Crippen LogP contribution in [-0.2, 0) is 6.18 Å². The van der Waals surface area contributed by atoms with Crippen LogP contribution in [-0.4, -0.2) is 58.7 Å². The molecule has 4 rings (SSSR count). The predicted octanol–water partition coefficient (Wildman–Crippen LogP) is 3.94. The van der Waals surface area contributed by atoms with Gasteiger partial charge in [0.2, 0.25) is 0 Å². The van der Waals surface area contributed by atoms with E-state index in [9.17, 15) is 18.0 Å². The van der Waals surface area contributed by atoms with Crippen LogP contribution >= 0.6 is 0 Å². The zero-order valence-corrected chi connectivity index (χ0v) is 16.5. The second kappa shape index (κ2) is 7.82. The van der Waals surface area contributed by atoms with Crippen molar-refractivity contribution in [1.29, 1.82) is 0 Å². The minimum absolute atomic E-state index is 0.121. The van der Waals surface area contributed by atoms with E-state index in [0.29, 0.717) is 17.8 Å². The lowest BCUT2D eigenvalue weighted by Crippen LogP contribution is -2.35. The van der Waals surface area contributed by atoms with Crippen LogP contribution < -0.4 is 0 Å². The molecule has 2 aliphatic rings. The van der Waals surface area contributed by atoms with Gasteiger partial charge in [0.25, 0.3) is 5.91 Å². The molecule has 1 aliphatic heterocycles. The van der Waals surface area contributed by atoms with Crippen molar-refractivity contribution in [3.8, 4) is 5.69 Å². The van der Waals surface area contributed by atoms with Crippen LogP contribution in [0.1, 0.15) is 53.2 Å². The first kappa shape index (κ1) is 19.9. The second-order valence-corrected chi connectivity index (χ2v) is 7.95. The number of alkyl halides is 3. The number of carbonyl (C=O) groups is 1. The van der Waals surface area contributed by atoms with Gasteiger partial charge in [0, 0.05) is 26.1 Å². The molecule has 2 heterocycles. The first-order chi connectivity index (χ1) is 13.8. The van der Waals surface area contributed by atoms with Crippen LogP contribution in [0.3, 0.4) is 0 Å². The van der Waals surface area contributed by atoms with Crippen molar-refractivity contribution in [2.45, 2.75) is 37.8 Å². The highest BCUT2D eigenvalue weighted by molar-refractivity contribution is 5.95. The van der Waals surface area contributed by atoms with Crippen LogP contribution in [0, 0.1) is 0 Å². The first-order valence-electron chi connectivity index (χ1n) is 10.1. The average Bonchev–Trinajstić information content (AvgIpc) is 3.22. The number of likely N-dealkylation sites (tertiary alicyclic amines) is 1. The van der Waals surface area contributed by atoms with Gasteiger partial charge in [-0.3, -0.25) is 4.79 Å². The molecule has 0 unspecified atom stereocenters. The Morgan fingerprint density at radius 2 is 1.97 bits per heavy atom. The molecule has 8 heteroatoms. The van der Waals surface area contributed by atoms with E-state index >= 15 is 0 Å². The van der Waals surface area contributed by atoms with Gasteiger partial charge < -0.3 is 9.80 Å². The Bertz CT molecular complexity index is 882. The smallest absolute Gasteiger partial charge is 0.340 e.